The fourth-order valence-corrected chi connectivity index (χ4v) is 1.85. The highest BCUT2D eigenvalue weighted by atomic mass is 16.5. The Morgan fingerprint density at radius 2 is 2.47 bits per heavy atom. The van der Waals surface area contributed by atoms with Crippen LogP contribution in [0.4, 0.5) is 5.82 Å². The van der Waals surface area contributed by atoms with E-state index in [-0.39, 0.29) is 11.3 Å². The molecule has 2 rings (SSSR count). The van der Waals surface area contributed by atoms with Crippen LogP contribution >= 0.6 is 0 Å². The summed E-state index contributed by atoms with van der Waals surface area (Å²) in [6, 6.07) is 0. The first-order chi connectivity index (χ1) is 8.17. The lowest BCUT2D eigenvalue weighted by Gasteiger charge is -2.15. The predicted octanol–water partition coefficient (Wildman–Crippen LogP) is 0.538. The Morgan fingerprint density at radius 1 is 1.71 bits per heavy atom. The van der Waals surface area contributed by atoms with Crippen molar-refractivity contribution in [3.8, 4) is 0 Å². The predicted molar refractivity (Wildman–Crippen MR) is 63.5 cm³/mol. The Bertz CT molecular complexity index is 398. The van der Waals surface area contributed by atoms with Crippen LogP contribution in [-0.4, -0.2) is 36.4 Å². The molecule has 94 valence electrons. The van der Waals surface area contributed by atoms with Crippen molar-refractivity contribution < 1.29 is 9.53 Å². The second-order valence-electron chi connectivity index (χ2n) is 4.62. The van der Waals surface area contributed by atoms with Gasteiger partial charge in [-0.05, 0) is 24.7 Å². The first kappa shape index (κ1) is 11.9. The van der Waals surface area contributed by atoms with E-state index >= 15 is 0 Å². The Hall–Kier alpha value is -1.56. The van der Waals surface area contributed by atoms with E-state index in [4.69, 9.17) is 10.5 Å². The molecule has 1 heterocycles. The molecule has 0 unspecified atom stereocenters. The van der Waals surface area contributed by atoms with E-state index < -0.39 is 0 Å². The Kier molecular flexibility index (Phi) is 3.33. The van der Waals surface area contributed by atoms with Gasteiger partial charge in [0.15, 0.2) is 0 Å². The van der Waals surface area contributed by atoms with Crippen molar-refractivity contribution in [2.45, 2.75) is 19.3 Å². The van der Waals surface area contributed by atoms with Gasteiger partial charge in [0, 0.05) is 20.3 Å². The maximum atomic E-state index is 11.8. The standard InChI is InChI=1S/C11H18N4O2/c1-17-5-4-11(2-3-11)7-13-10(16)8-6-14-15-9(8)12/h6H,2-5,7H2,1H3,(H,13,16)(H3,12,14,15). The molecule has 1 aromatic rings. The lowest BCUT2D eigenvalue weighted by atomic mass is 10.0. The van der Waals surface area contributed by atoms with Gasteiger partial charge in [0.05, 0.1) is 6.20 Å². The molecule has 6 nitrogen and oxygen atoms in total. The average molecular weight is 238 g/mol. The number of nitrogen functional groups attached to an aromatic ring is 1. The molecule has 0 bridgehead atoms. The van der Waals surface area contributed by atoms with Crippen LogP contribution in [0.2, 0.25) is 0 Å². The normalized spacial score (nSPS) is 16.8. The van der Waals surface area contributed by atoms with Gasteiger partial charge in [-0.25, -0.2) is 0 Å². The van der Waals surface area contributed by atoms with Crippen LogP contribution in [0.25, 0.3) is 0 Å². The summed E-state index contributed by atoms with van der Waals surface area (Å²) < 4.78 is 5.07. The number of rotatable bonds is 6. The molecule has 0 radical (unpaired) electrons. The first-order valence-corrected chi connectivity index (χ1v) is 5.73. The summed E-state index contributed by atoms with van der Waals surface area (Å²) in [7, 11) is 1.70. The summed E-state index contributed by atoms with van der Waals surface area (Å²) in [4.78, 5) is 11.8. The van der Waals surface area contributed by atoms with Gasteiger partial charge in [-0.3, -0.25) is 9.89 Å². The molecule has 1 fully saturated rings. The number of hydrogen-bond donors (Lipinski definition) is 3. The molecule has 17 heavy (non-hydrogen) atoms. The van der Waals surface area contributed by atoms with Crippen molar-refractivity contribution in [1.29, 1.82) is 0 Å². The lowest BCUT2D eigenvalue weighted by Crippen LogP contribution is -2.31. The van der Waals surface area contributed by atoms with E-state index in [0.29, 0.717) is 17.9 Å². The number of aromatic nitrogens is 2. The highest BCUT2D eigenvalue weighted by Gasteiger charge is 2.42. The number of nitrogens with two attached hydrogens (primary N) is 1. The van der Waals surface area contributed by atoms with Gasteiger partial charge in [0.1, 0.15) is 11.4 Å². The zero-order chi connectivity index (χ0) is 12.3. The number of aromatic amines is 1. The molecular weight excluding hydrogens is 220 g/mol. The van der Waals surface area contributed by atoms with Crippen LogP contribution < -0.4 is 11.1 Å². The second-order valence-corrected chi connectivity index (χ2v) is 4.62. The summed E-state index contributed by atoms with van der Waals surface area (Å²) in [6.45, 7) is 1.42. The zero-order valence-corrected chi connectivity index (χ0v) is 9.95. The largest absolute Gasteiger partial charge is 0.385 e. The highest BCUT2D eigenvalue weighted by Crippen LogP contribution is 2.48. The van der Waals surface area contributed by atoms with Crippen LogP contribution in [0.1, 0.15) is 29.6 Å². The molecule has 0 saturated heterocycles. The Labute approximate surface area is 99.9 Å². The summed E-state index contributed by atoms with van der Waals surface area (Å²) in [5.41, 5.74) is 6.23. The third kappa shape index (κ3) is 2.76. The average Bonchev–Trinajstić information content (AvgIpc) is 2.98. The van der Waals surface area contributed by atoms with E-state index in [1.807, 2.05) is 0 Å². The van der Waals surface area contributed by atoms with Gasteiger partial charge in [-0.2, -0.15) is 5.10 Å². The number of ether oxygens (including phenoxy) is 1. The molecule has 0 aliphatic heterocycles. The van der Waals surface area contributed by atoms with Crippen molar-refractivity contribution in [3.05, 3.63) is 11.8 Å². The van der Waals surface area contributed by atoms with Crippen LogP contribution in [0.3, 0.4) is 0 Å². The number of H-pyrrole nitrogens is 1. The van der Waals surface area contributed by atoms with Crippen molar-refractivity contribution in [3.63, 3.8) is 0 Å². The number of carbonyl (C=O) groups excluding carboxylic acids is 1. The molecule has 0 aromatic carbocycles. The van der Waals surface area contributed by atoms with Gasteiger partial charge in [0.25, 0.3) is 5.91 Å². The third-order valence-corrected chi connectivity index (χ3v) is 3.33. The fourth-order valence-electron chi connectivity index (χ4n) is 1.85. The number of nitrogens with one attached hydrogen (secondary N) is 2. The maximum Gasteiger partial charge on any atom is 0.256 e. The molecule has 4 N–H and O–H groups in total. The summed E-state index contributed by atoms with van der Waals surface area (Å²) >= 11 is 0. The second kappa shape index (κ2) is 4.75. The minimum atomic E-state index is -0.167. The smallest absolute Gasteiger partial charge is 0.256 e. The number of anilines is 1. The topological polar surface area (TPSA) is 93.0 Å². The van der Waals surface area contributed by atoms with Crippen LogP contribution in [-0.2, 0) is 4.74 Å². The van der Waals surface area contributed by atoms with Crippen LogP contribution in [0.15, 0.2) is 6.20 Å². The number of carbonyl (C=O) groups is 1. The fraction of sp³-hybridized carbons (Fsp3) is 0.636. The minimum absolute atomic E-state index is 0.167. The van der Waals surface area contributed by atoms with Gasteiger partial charge >= 0.3 is 0 Å². The molecular formula is C11H18N4O2. The first-order valence-electron chi connectivity index (χ1n) is 5.73. The third-order valence-electron chi connectivity index (χ3n) is 3.33. The zero-order valence-electron chi connectivity index (χ0n) is 9.95. The van der Waals surface area contributed by atoms with Crippen molar-refractivity contribution in [1.82, 2.24) is 15.5 Å². The van der Waals surface area contributed by atoms with Gasteiger partial charge in [-0.1, -0.05) is 0 Å². The molecule has 1 aliphatic carbocycles. The van der Waals surface area contributed by atoms with Crippen LogP contribution in [0, 0.1) is 5.41 Å². The van der Waals surface area contributed by atoms with Crippen molar-refractivity contribution in [2.75, 3.05) is 26.0 Å². The van der Waals surface area contributed by atoms with E-state index in [1.165, 1.54) is 6.20 Å². The SMILES string of the molecule is COCCC1(CNC(=O)c2cn[nH]c2N)CC1. The van der Waals surface area contributed by atoms with Crippen LogP contribution in [0.5, 0.6) is 0 Å². The van der Waals surface area contributed by atoms with E-state index in [1.54, 1.807) is 7.11 Å². The Morgan fingerprint density at radius 3 is 3.00 bits per heavy atom. The molecule has 0 spiro atoms. The van der Waals surface area contributed by atoms with E-state index in [0.717, 1.165) is 25.9 Å². The monoisotopic (exact) mass is 238 g/mol. The van der Waals surface area contributed by atoms with E-state index in [2.05, 4.69) is 15.5 Å². The summed E-state index contributed by atoms with van der Waals surface area (Å²) in [6.07, 6.45) is 4.74. The quantitative estimate of drug-likeness (QED) is 0.674. The van der Waals surface area contributed by atoms with E-state index in [9.17, 15) is 4.79 Å². The molecule has 0 atom stereocenters. The molecule has 6 heteroatoms. The van der Waals surface area contributed by atoms with Gasteiger partial charge < -0.3 is 15.8 Å². The summed E-state index contributed by atoms with van der Waals surface area (Å²) in [5.74, 6) is 0.143. The molecule has 1 aliphatic rings. The highest BCUT2D eigenvalue weighted by molar-refractivity contribution is 5.98. The molecule has 1 saturated carbocycles. The maximum absolute atomic E-state index is 11.8. The number of hydrogen-bond acceptors (Lipinski definition) is 4. The van der Waals surface area contributed by atoms with Gasteiger partial charge in [0.2, 0.25) is 0 Å². The van der Waals surface area contributed by atoms with Crippen molar-refractivity contribution in [2.24, 2.45) is 5.41 Å². The minimum Gasteiger partial charge on any atom is -0.385 e. The number of amides is 1. The van der Waals surface area contributed by atoms with Gasteiger partial charge in [-0.15, -0.1) is 0 Å². The lowest BCUT2D eigenvalue weighted by molar-refractivity contribution is 0.0939. The molecule has 1 aromatic heterocycles. The summed E-state index contributed by atoms with van der Waals surface area (Å²) in [5, 5.41) is 9.17. The molecule has 1 amide bonds. The number of nitrogens with zero attached hydrogens (tertiary/aromatic N) is 1. The van der Waals surface area contributed by atoms with Crippen molar-refractivity contribution >= 4 is 11.7 Å². The Balaban J connectivity index is 1.83. The number of methoxy groups -OCH3 is 1.